The van der Waals surface area contributed by atoms with Crippen molar-refractivity contribution in [2.75, 3.05) is 0 Å². The van der Waals surface area contributed by atoms with Crippen molar-refractivity contribution >= 4 is 6.16 Å². The third-order valence-electron chi connectivity index (χ3n) is 2.51. The minimum atomic E-state index is -0.749. The molecule has 19 heavy (non-hydrogen) atoms. The molecule has 4 nitrogen and oxygen atoms in total. The lowest BCUT2D eigenvalue weighted by molar-refractivity contribution is 0.0927. The van der Waals surface area contributed by atoms with Gasteiger partial charge in [0.15, 0.2) is 0 Å². The van der Waals surface area contributed by atoms with Crippen molar-refractivity contribution in [2.45, 2.75) is 13.2 Å². The molecule has 0 atom stereocenters. The smallest absolute Gasteiger partial charge is 0.429 e. The van der Waals surface area contributed by atoms with E-state index in [4.69, 9.17) is 14.6 Å². The third kappa shape index (κ3) is 4.12. The second kappa shape index (κ2) is 6.56. The molecule has 0 spiro atoms. The summed E-state index contributed by atoms with van der Waals surface area (Å²) in [5.41, 5.74) is 1.65. The van der Waals surface area contributed by atoms with Crippen LogP contribution in [0.3, 0.4) is 0 Å². The zero-order chi connectivity index (χ0) is 13.5. The predicted octanol–water partition coefficient (Wildman–Crippen LogP) is 2.89. The molecule has 0 heterocycles. The minimum Gasteiger partial charge on any atom is -0.429 e. The van der Waals surface area contributed by atoms with Gasteiger partial charge in [-0.15, -0.1) is 0 Å². The standard InChI is InChI=1S/C15H14O4/c16-10-12-6-8-14(9-7-12)19-15(17)18-11-13-4-2-1-3-5-13/h1-9,16H,10-11H2. The van der Waals surface area contributed by atoms with E-state index in [0.717, 1.165) is 11.1 Å². The van der Waals surface area contributed by atoms with Gasteiger partial charge in [-0.1, -0.05) is 42.5 Å². The van der Waals surface area contributed by atoms with E-state index in [2.05, 4.69) is 0 Å². The van der Waals surface area contributed by atoms with Crippen LogP contribution in [-0.4, -0.2) is 11.3 Å². The number of hydrogen-bond donors (Lipinski definition) is 1. The molecule has 1 N–H and O–H groups in total. The minimum absolute atomic E-state index is 0.0429. The summed E-state index contributed by atoms with van der Waals surface area (Å²) in [6.07, 6.45) is -0.749. The van der Waals surface area contributed by atoms with Gasteiger partial charge in [0, 0.05) is 0 Å². The van der Waals surface area contributed by atoms with Crippen LogP contribution < -0.4 is 4.74 Å². The van der Waals surface area contributed by atoms with E-state index >= 15 is 0 Å². The number of ether oxygens (including phenoxy) is 2. The average Bonchev–Trinajstić information content (AvgIpc) is 2.47. The summed E-state index contributed by atoms with van der Waals surface area (Å²) >= 11 is 0. The Hall–Kier alpha value is -2.33. The van der Waals surface area contributed by atoms with Gasteiger partial charge in [0.05, 0.1) is 6.61 Å². The molecule has 2 aromatic carbocycles. The van der Waals surface area contributed by atoms with Crippen LogP contribution in [0.5, 0.6) is 5.75 Å². The van der Waals surface area contributed by atoms with E-state index in [1.54, 1.807) is 24.3 Å². The average molecular weight is 258 g/mol. The summed E-state index contributed by atoms with van der Waals surface area (Å²) in [4.78, 5) is 11.4. The van der Waals surface area contributed by atoms with Crippen LogP contribution in [0.2, 0.25) is 0 Å². The second-order valence-electron chi connectivity index (χ2n) is 3.93. The van der Waals surface area contributed by atoms with Crippen LogP contribution in [0.4, 0.5) is 4.79 Å². The summed E-state index contributed by atoms with van der Waals surface area (Å²) in [6, 6.07) is 15.9. The van der Waals surface area contributed by atoms with E-state index < -0.39 is 6.16 Å². The highest BCUT2D eigenvalue weighted by atomic mass is 16.7. The summed E-state index contributed by atoms with van der Waals surface area (Å²) in [5, 5.41) is 8.89. The van der Waals surface area contributed by atoms with Gasteiger partial charge < -0.3 is 14.6 Å². The van der Waals surface area contributed by atoms with Crippen molar-refractivity contribution in [2.24, 2.45) is 0 Å². The van der Waals surface area contributed by atoms with Crippen molar-refractivity contribution in [3.05, 3.63) is 65.7 Å². The molecule has 0 aliphatic rings. The summed E-state index contributed by atoms with van der Waals surface area (Å²) in [5.74, 6) is 0.385. The molecule has 0 aliphatic heterocycles. The fourth-order valence-electron chi connectivity index (χ4n) is 1.51. The maximum Gasteiger partial charge on any atom is 0.514 e. The first kappa shape index (κ1) is 13.1. The zero-order valence-corrected chi connectivity index (χ0v) is 10.3. The maximum absolute atomic E-state index is 11.4. The Kier molecular flexibility index (Phi) is 4.53. The van der Waals surface area contributed by atoms with Gasteiger partial charge in [-0.05, 0) is 23.3 Å². The van der Waals surface area contributed by atoms with E-state index in [0.29, 0.717) is 5.75 Å². The normalized spacial score (nSPS) is 9.95. The van der Waals surface area contributed by atoms with Crippen LogP contribution >= 0.6 is 0 Å². The molecule has 0 amide bonds. The summed E-state index contributed by atoms with van der Waals surface area (Å²) < 4.78 is 9.97. The molecular weight excluding hydrogens is 244 g/mol. The van der Waals surface area contributed by atoms with Crippen LogP contribution in [0.1, 0.15) is 11.1 Å². The topological polar surface area (TPSA) is 55.8 Å². The summed E-state index contributed by atoms with van der Waals surface area (Å²) in [6.45, 7) is 0.132. The number of hydrogen-bond acceptors (Lipinski definition) is 4. The highest BCUT2D eigenvalue weighted by Gasteiger charge is 2.06. The molecule has 0 unspecified atom stereocenters. The van der Waals surface area contributed by atoms with Gasteiger partial charge in [-0.25, -0.2) is 4.79 Å². The third-order valence-corrected chi connectivity index (χ3v) is 2.51. The van der Waals surface area contributed by atoms with Crippen molar-refractivity contribution < 1.29 is 19.4 Å². The van der Waals surface area contributed by atoms with Gasteiger partial charge in [-0.2, -0.15) is 0 Å². The van der Waals surface area contributed by atoms with Crippen LogP contribution in [-0.2, 0) is 18.0 Å². The Balaban J connectivity index is 1.83. The zero-order valence-electron chi connectivity index (χ0n) is 10.3. The first-order valence-corrected chi connectivity index (χ1v) is 5.86. The van der Waals surface area contributed by atoms with E-state index in [1.807, 2.05) is 30.3 Å². The molecule has 0 saturated carbocycles. The second-order valence-corrected chi connectivity index (χ2v) is 3.93. The monoisotopic (exact) mass is 258 g/mol. The van der Waals surface area contributed by atoms with E-state index in [1.165, 1.54) is 0 Å². The summed E-state index contributed by atoms with van der Waals surface area (Å²) in [7, 11) is 0. The lowest BCUT2D eigenvalue weighted by Crippen LogP contribution is -2.10. The molecule has 2 rings (SSSR count). The number of rotatable bonds is 4. The van der Waals surface area contributed by atoms with Gasteiger partial charge in [-0.3, -0.25) is 0 Å². The highest BCUT2D eigenvalue weighted by Crippen LogP contribution is 2.13. The predicted molar refractivity (Wildman–Crippen MR) is 69.6 cm³/mol. The largest absolute Gasteiger partial charge is 0.514 e. The molecule has 0 radical (unpaired) electrons. The van der Waals surface area contributed by atoms with E-state index in [-0.39, 0.29) is 13.2 Å². The molecule has 0 bridgehead atoms. The van der Waals surface area contributed by atoms with Crippen LogP contribution in [0, 0.1) is 0 Å². The molecule has 4 heteroatoms. The van der Waals surface area contributed by atoms with Crippen molar-refractivity contribution in [3.63, 3.8) is 0 Å². The molecule has 2 aromatic rings. The molecular formula is C15H14O4. The SMILES string of the molecule is O=C(OCc1ccccc1)Oc1ccc(CO)cc1. The Bertz CT molecular complexity index is 520. The Morgan fingerprint density at radius 3 is 2.26 bits per heavy atom. The number of aliphatic hydroxyl groups is 1. The van der Waals surface area contributed by atoms with Gasteiger partial charge in [0.2, 0.25) is 0 Å². The maximum atomic E-state index is 11.4. The molecule has 98 valence electrons. The lowest BCUT2D eigenvalue weighted by atomic mass is 10.2. The van der Waals surface area contributed by atoms with Gasteiger partial charge in [0.25, 0.3) is 0 Å². The van der Waals surface area contributed by atoms with Gasteiger partial charge in [0.1, 0.15) is 12.4 Å². The van der Waals surface area contributed by atoms with Crippen LogP contribution in [0.25, 0.3) is 0 Å². The number of aliphatic hydroxyl groups excluding tert-OH is 1. The first-order chi connectivity index (χ1) is 9.28. The lowest BCUT2D eigenvalue weighted by Gasteiger charge is -2.06. The Labute approximate surface area is 111 Å². The highest BCUT2D eigenvalue weighted by molar-refractivity contribution is 5.63. The quantitative estimate of drug-likeness (QED) is 0.676. The fourth-order valence-corrected chi connectivity index (χ4v) is 1.51. The van der Waals surface area contributed by atoms with Crippen molar-refractivity contribution in [1.82, 2.24) is 0 Å². The molecule has 0 fully saturated rings. The van der Waals surface area contributed by atoms with E-state index in [9.17, 15) is 4.79 Å². The Morgan fingerprint density at radius 1 is 0.947 bits per heavy atom. The van der Waals surface area contributed by atoms with Crippen molar-refractivity contribution in [3.8, 4) is 5.75 Å². The van der Waals surface area contributed by atoms with Crippen LogP contribution in [0.15, 0.2) is 54.6 Å². The fraction of sp³-hybridized carbons (Fsp3) is 0.133. The Morgan fingerprint density at radius 2 is 1.63 bits per heavy atom. The molecule has 0 aliphatic carbocycles. The first-order valence-electron chi connectivity index (χ1n) is 5.86. The number of carbonyl (C=O) groups is 1. The van der Waals surface area contributed by atoms with Crippen molar-refractivity contribution in [1.29, 1.82) is 0 Å². The number of benzene rings is 2. The molecule has 0 aromatic heterocycles. The molecule has 0 saturated heterocycles. The number of carbonyl (C=O) groups excluding carboxylic acids is 1. The van der Waals surface area contributed by atoms with Gasteiger partial charge >= 0.3 is 6.16 Å².